The summed E-state index contributed by atoms with van der Waals surface area (Å²) in [5, 5.41) is 8.50. The standard InChI is InChI=1S/C16H13F2N5/c1-9(13-8-19-14-4-3-5-20-23(13)14)15-11(17)6-12-10(16(15)18)7-21-22(12)2/h3-9H,1-2H3. The van der Waals surface area contributed by atoms with Crippen LogP contribution in [0, 0.1) is 11.6 Å². The Balaban J connectivity index is 1.94. The first-order valence-electron chi connectivity index (χ1n) is 7.16. The summed E-state index contributed by atoms with van der Waals surface area (Å²) >= 11 is 0. The molecular formula is C16H13F2N5. The van der Waals surface area contributed by atoms with Crippen LogP contribution in [0.15, 0.2) is 36.8 Å². The average Bonchev–Trinajstić information content (AvgIpc) is 3.12. The van der Waals surface area contributed by atoms with Gasteiger partial charge in [-0.1, -0.05) is 6.92 Å². The molecule has 23 heavy (non-hydrogen) atoms. The van der Waals surface area contributed by atoms with Crippen LogP contribution in [-0.2, 0) is 7.05 Å². The molecule has 0 fully saturated rings. The van der Waals surface area contributed by atoms with E-state index in [9.17, 15) is 8.78 Å². The van der Waals surface area contributed by atoms with Gasteiger partial charge >= 0.3 is 0 Å². The van der Waals surface area contributed by atoms with Gasteiger partial charge in [0.2, 0.25) is 0 Å². The smallest absolute Gasteiger partial charge is 0.153 e. The van der Waals surface area contributed by atoms with Gasteiger partial charge in [-0.05, 0) is 12.1 Å². The summed E-state index contributed by atoms with van der Waals surface area (Å²) in [6.45, 7) is 1.74. The van der Waals surface area contributed by atoms with E-state index in [-0.39, 0.29) is 5.56 Å². The van der Waals surface area contributed by atoms with E-state index in [1.54, 1.807) is 43.0 Å². The van der Waals surface area contributed by atoms with E-state index in [0.29, 0.717) is 22.2 Å². The number of rotatable bonds is 2. The lowest BCUT2D eigenvalue weighted by molar-refractivity contribution is 0.550. The zero-order valence-corrected chi connectivity index (χ0v) is 12.5. The van der Waals surface area contributed by atoms with Gasteiger partial charge in [0, 0.05) is 30.8 Å². The van der Waals surface area contributed by atoms with Crippen LogP contribution < -0.4 is 0 Å². The van der Waals surface area contributed by atoms with Gasteiger partial charge in [-0.2, -0.15) is 10.2 Å². The minimum Gasteiger partial charge on any atom is -0.268 e. The fourth-order valence-electron chi connectivity index (χ4n) is 2.92. The summed E-state index contributed by atoms with van der Waals surface area (Å²) in [6.07, 6.45) is 4.62. The number of hydrogen-bond donors (Lipinski definition) is 0. The van der Waals surface area contributed by atoms with E-state index in [0.717, 1.165) is 0 Å². The van der Waals surface area contributed by atoms with E-state index in [4.69, 9.17) is 0 Å². The number of aromatic nitrogens is 5. The molecule has 3 aromatic heterocycles. The van der Waals surface area contributed by atoms with Gasteiger partial charge in [-0.3, -0.25) is 4.68 Å². The summed E-state index contributed by atoms with van der Waals surface area (Å²) in [7, 11) is 1.65. The summed E-state index contributed by atoms with van der Waals surface area (Å²) < 4.78 is 32.4. The van der Waals surface area contributed by atoms with Crippen LogP contribution in [0.2, 0.25) is 0 Å². The van der Waals surface area contributed by atoms with Gasteiger partial charge in [0.25, 0.3) is 0 Å². The van der Waals surface area contributed by atoms with Crippen molar-refractivity contribution >= 4 is 16.6 Å². The molecule has 0 radical (unpaired) electrons. The molecule has 0 bridgehead atoms. The highest BCUT2D eigenvalue weighted by Crippen LogP contribution is 2.32. The molecule has 3 heterocycles. The number of fused-ring (bicyclic) bond motifs is 2. The number of aryl methyl sites for hydroxylation is 1. The first kappa shape index (κ1) is 13.8. The van der Waals surface area contributed by atoms with Crippen LogP contribution in [0.25, 0.3) is 16.6 Å². The van der Waals surface area contributed by atoms with Crippen molar-refractivity contribution in [2.75, 3.05) is 0 Å². The van der Waals surface area contributed by atoms with Crippen molar-refractivity contribution in [3.63, 3.8) is 0 Å². The van der Waals surface area contributed by atoms with Crippen molar-refractivity contribution < 1.29 is 8.78 Å². The Bertz CT molecular complexity index is 1030. The first-order chi connectivity index (χ1) is 11.1. The fraction of sp³-hybridized carbons (Fsp3) is 0.188. The average molecular weight is 313 g/mol. The van der Waals surface area contributed by atoms with Crippen molar-refractivity contribution in [2.45, 2.75) is 12.8 Å². The second-order valence-electron chi connectivity index (χ2n) is 5.49. The molecule has 7 heteroatoms. The molecule has 1 atom stereocenters. The molecule has 5 nitrogen and oxygen atoms in total. The van der Waals surface area contributed by atoms with Crippen molar-refractivity contribution in [1.29, 1.82) is 0 Å². The van der Waals surface area contributed by atoms with Gasteiger partial charge in [0.15, 0.2) is 5.65 Å². The van der Waals surface area contributed by atoms with Crippen LogP contribution in [0.1, 0.15) is 24.1 Å². The molecule has 0 aliphatic heterocycles. The number of nitrogens with zero attached hydrogens (tertiary/aromatic N) is 5. The van der Waals surface area contributed by atoms with E-state index < -0.39 is 17.6 Å². The number of benzene rings is 1. The second-order valence-corrected chi connectivity index (χ2v) is 5.49. The number of hydrogen-bond acceptors (Lipinski definition) is 3. The quantitative estimate of drug-likeness (QED) is 0.571. The van der Waals surface area contributed by atoms with Gasteiger partial charge < -0.3 is 0 Å². The molecule has 1 unspecified atom stereocenters. The van der Waals surface area contributed by atoms with Crippen molar-refractivity contribution in [3.8, 4) is 0 Å². The molecule has 0 saturated carbocycles. The third-order valence-electron chi connectivity index (χ3n) is 4.16. The Kier molecular flexibility index (Phi) is 2.90. The lowest BCUT2D eigenvalue weighted by Gasteiger charge is -2.14. The minimum absolute atomic E-state index is 0.00190. The van der Waals surface area contributed by atoms with Crippen LogP contribution in [0.3, 0.4) is 0 Å². The Labute approximate surface area is 130 Å². The molecule has 4 rings (SSSR count). The predicted molar refractivity (Wildman–Crippen MR) is 81.1 cm³/mol. The Morgan fingerprint density at radius 2 is 2.00 bits per heavy atom. The van der Waals surface area contributed by atoms with Crippen LogP contribution in [0.4, 0.5) is 8.78 Å². The predicted octanol–water partition coefficient (Wildman–Crippen LogP) is 3.05. The summed E-state index contributed by atoms with van der Waals surface area (Å²) in [5.74, 6) is -1.73. The maximum absolute atomic E-state index is 14.8. The molecule has 4 aromatic rings. The van der Waals surface area contributed by atoms with E-state index in [1.165, 1.54) is 16.9 Å². The number of halogens is 2. The molecule has 0 saturated heterocycles. The Morgan fingerprint density at radius 1 is 1.17 bits per heavy atom. The third kappa shape index (κ3) is 1.93. The van der Waals surface area contributed by atoms with Crippen LogP contribution in [-0.4, -0.2) is 24.4 Å². The minimum atomic E-state index is -0.600. The summed E-state index contributed by atoms with van der Waals surface area (Å²) in [6, 6.07) is 4.87. The summed E-state index contributed by atoms with van der Waals surface area (Å²) in [4.78, 5) is 4.23. The monoisotopic (exact) mass is 313 g/mol. The molecule has 0 amide bonds. The topological polar surface area (TPSA) is 48.0 Å². The lowest BCUT2D eigenvalue weighted by Crippen LogP contribution is -2.08. The van der Waals surface area contributed by atoms with Crippen LogP contribution >= 0.6 is 0 Å². The second kappa shape index (κ2) is 4.84. The molecule has 0 aliphatic rings. The van der Waals surface area contributed by atoms with Crippen LogP contribution in [0.5, 0.6) is 0 Å². The van der Waals surface area contributed by atoms with Gasteiger partial charge in [-0.15, -0.1) is 0 Å². The summed E-state index contributed by atoms with van der Waals surface area (Å²) in [5.41, 5.74) is 1.68. The first-order valence-corrected chi connectivity index (χ1v) is 7.16. The maximum atomic E-state index is 14.8. The molecule has 0 N–H and O–H groups in total. The molecule has 116 valence electrons. The Morgan fingerprint density at radius 3 is 2.83 bits per heavy atom. The molecular weight excluding hydrogens is 300 g/mol. The number of imidazole rings is 1. The highest BCUT2D eigenvalue weighted by atomic mass is 19.1. The van der Waals surface area contributed by atoms with Gasteiger partial charge in [0.05, 0.1) is 29.0 Å². The van der Waals surface area contributed by atoms with E-state index in [2.05, 4.69) is 15.2 Å². The van der Waals surface area contributed by atoms with Crippen molar-refractivity contribution in [3.05, 3.63) is 59.7 Å². The van der Waals surface area contributed by atoms with E-state index in [1.807, 2.05) is 0 Å². The molecule has 0 spiro atoms. The van der Waals surface area contributed by atoms with Crippen molar-refractivity contribution in [2.24, 2.45) is 7.05 Å². The maximum Gasteiger partial charge on any atom is 0.153 e. The normalized spacial score (nSPS) is 13.0. The third-order valence-corrected chi connectivity index (χ3v) is 4.16. The lowest BCUT2D eigenvalue weighted by atomic mass is 9.95. The zero-order chi connectivity index (χ0) is 16.1. The van der Waals surface area contributed by atoms with Gasteiger partial charge in [0.1, 0.15) is 11.6 Å². The zero-order valence-electron chi connectivity index (χ0n) is 12.5. The largest absolute Gasteiger partial charge is 0.268 e. The fourth-order valence-corrected chi connectivity index (χ4v) is 2.92. The molecule has 1 aromatic carbocycles. The Hall–Kier alpha value is -2.83. The highest BCUT2D eigenvalue weighted by Gasteiger charge is 2.24. The van der Waals surface area contributed by atoms with Crippen molar-refractivity contribution in [1.82, 2.24) is 24.4 Å². The molecule has 0 aliphatic carbocycles. The highest BCUT2D eigenvalue weighted by molar-refractivity contribution is 5.80. The van der Waals surface area contributed by atoms with E-state index >= 15 is 0 Å². The SMILES string of the molecule is CC(c1c(F)cc2c(cnn2C)c1F)c1cnc2cccnn12. The van der Waals surface area contributed by atoms with Gasteiger partial charge in [-0.25, -0.2) is 18.3 Å².